The maximum Gasteiger partial charge on any atom is 0.125 e. The van der Waals surface area contributed by atoms with Gasteiger partial charge in [-0.25, -0.2) is 0 Å². The summed E-state index contributed by atoms with van der Waals surface area (Å²) in [4.78, 5) is 2.47. The van der Waals surface area contributed by atoms with E-state index in [4.69, 9.17) is 10.5 Å². The first-order valence-corrected chi connectivity index (χ1v) is 7.52. The lowest BCUT2D eigenvalue weighted by Crippen LogP contribution is -2.27. The Morgan fingerprint density at radius 3 is 2.55 bits per heavy atom. The van der Waals surface area contributed by atoms with E-state index in [-0.39, 0.29) is 6.04 Å². The maximum atomic E-state index is 6.17. The third-order valence-corrected chi connectivity index (χ3v) is 4.47. The number of methoxy groups -OCH3 is 1. The topological polar surface area (TPSA) is 38.5 Å². The molecule has 1 saturated heterocycles. The lowest BCUT2D eigenvalue weighted by atomic mass is 9.80. The Kier molecular flexibility index (Phi) is 4.28. The van der Waals surface area contributed by atoms with Crippen LogP contribution in [0.5, 0.6) is 5.75 Å². The van der Waals surface area contributed by atoms with Crippen molar-refractivity contribution in [3.05, 3.63) is 23.8 Å². The van der Waals surface area contributed by atoms with E-state index in [0.717, 1.165) is 30.3 Å². The summed E-state index contributed by atoms with van der Waals surface area (Å²) in [5.74, 6) is 1.63. The molecule has 1 fully saturated rings. The molecule has 2 N–H and O–H groups in total. The molecule has 112 valence electrons. The Balaban J connectivity index is 2.30. The summed E-state index contributed by atoms with van der Waals surface area (Å²) in [5, 5.41) is 0. The Labute approximate surface area is 123 Å². The molecule has 0 radical (unpaired) electrons. The van der Waals surface area contributed by atoms with E-state index in [1.54, 1.807) is 7.11 Å². The highest BCUT2D eigenvalue weighted by atomic mass is 16.5. The van der Waals surface area contributed by atoms with Gasteiger partial charge in [-0.05, 0) is 36.8 Å². The van der Waals surface area contributed by atoms with Gasteiger partial charge < -0.3 is 15.4 Å². The first kappa shape index (κ1) is 15.2. The third-order valence-electron chi connectivity index (χ3n) is 4.47. The third kappa shape index (κ3) is 2.93. The molecule has 20 heavy (non-hydrogen) atoms. The second-order valence-corrected chi connectivity index (χ2v) is 6.98. The van der Waals surface area contributed by atoms with Crippen molar-refractivity contribution in [3.63, 3.8) is 0 Å². The molecule has 0 aliphatic carbocycles. The van der Waals surface area contributed by atoms with Crippen LogP contribution in [-0.2, 0) is 0 Å². The maximum absolute atomic E-state index is 6.17. The smallest absolute Gasteiger partial charge is 0.125 e. The predicted octanol–water partition coefficient (Wildman–Crippen LogP) is 3.59. The minimum Gasteiger partial charge on any atom is -0.496 e. The van der Waals surface area contributed by atoms with Crippen LogP contribution in [0, 0.1) is 11.3 Å². The van der Waals surface area contributed by atoms with Crippen LogP contribution in [0.25, 0.3) is 0 Å². The molecule has 1 aliphatic heterocycles. The van der Waals surface area contributed by atoms with E-state index in [0.29, 0.717) is 5.41 Å². The number of ether oxygens (including phenoxy) is 1. The van der Waals surface area contributed by atoms with Crippen LogP contribution in [-0.4, -0.2) is 20.2 Å². The largest absolute Gasteiger partial charge is 0.496 e. The van der Waals surface area contributed by atoms with Gasteiger partial charge in [-0.2, -0.15) is 0 Å². The van der Waals surface area contributed by atoms with E-state index < -0.39 is 0 Å². The molecule has 1 aromatic rings. The normalized spacial score (nSPS) is 21.1. The molecule has 0 saturated carbocycles. The highest BCUT2D eigenvalue weighted by Crippen LogP contribution is 2.39. The molecule has 1 heterocycles. The number of hydrogen-bond donors (Lipinski definition) is 1. The van der Waals surface area contributed by atoms with Gasteiger partial charge in [-0.1, -0.05) is 26.8 Å². The summed E-state index contributed by atoms with van der Waals surface area (Å²) >= 11 is 0. The second kappa shape index (κ2) is 5.65. The summed E-state index contributed by atoms with van der Waals surface area (Å²) in [7, 11) is 1.72. The Hall–Kier alpha value is -1.22. The van der Waals surface area contributed by atoms with Crippen LogP contribution in [0.15, 0.2) is 18.2 Å². The van der Waals surface area contributed by atoms with Gasteiger partial charge >= 0.3 is 0 Å². The van der Waals surface area contributed by atoms with E-state index >= 15 is 0 Å². The minimum absolute atomic E-state index is 0.0187. The van der Waals surface area contributed by atoms with Gasteiger partial charge in [0.1, 0.15) is 5.75 Å². The molecular formula is C17H28N2O. The SMILES string of the molecule is COc1cccc(N2CCC(C(C)(C)C)C2)c1C(C)N. The first-order valence-electron chi connectivity index (χ1n) is 7.52. The number of nitrogens with two attached hydrogens (primary N) is 1. The molecule has 2 rings (SSSR count). The molecule has 2 atom stereocenters. The summed E-state index contributed by atoms with van der Waals surface area (Å²) in [6.45, 7) is 11.2. The molecule has 0 spiro atoms. The Morgan fingerprint density at radius 2 is 2.05 bits per heavy atom. The van der Waals surface area contributed by atoms with Crippen molar-refractivity contribution in [2.24, 2.45) is 17.1 Å². The zero-order valence-electron chi connectivity index (χ0n) is 13.4. The highest BCUT2D eigenvalue weighted by molar-refractivity contribution is 5.61. The van der Waals surface area contributed by atoms with Crippen LogP contribution in [0.2, 0.25) is 0 Å². The molecular weight excluding hydrogens is 248 g/mol. The van der Waals surface area contributed by atoms with Crippen molar-refractivity contribution in [2.45, 2.75) is 40.2 Å². The quantitative estimate of drug-likeness (QED) is 0.917. The zero-order chi connectivity index (χ0) is 14.9. The van der Waals surface area contributed by atoms with Gasteiger partial charge in [-0.15, -0.1) is 0 Å². The molecule has 2 unspecified atom stereocenters. The van der Waals surface area contributed by atoms with Crippen molar-refractivity contribution in [1.29, 1.82) is 0 Å². The van der Waals surface area contributed by atoms with Crippen LogP contribution in [0.4, 0.5) is 5.69 Å². The fourth-order valence-electron chi connectivity index (χ4n) is 3.13. The number of rotatable bonds is 3. The number of hydrogen-bond acceptors (Lipinski definition) is 3. The van der Waals surface area contributed by atoms with Crippen molar-refractivity contribution in [3.8, 4) is 5.75 Å². The minimum atomic E-state index is -0.0187. The van der Waals surface area contributed by atoms with E-state index in [9.17, 15) is 0 Å². The van der Waals surface area contributed by atoms with Gasteiger partial charge in [0.25, 0.3) is 0 Å². The number of anilines is 1. The van der Waals surface area contributed by atoms with Gasteiger partial charge in [-0.3, -0.25) is 0 Å². The predicted molar refractivity (Wildman–Crippen MR) is 85.4 cm³/mol. The molecule has 3 heteroatoms. The van der Waals surface area contributed by atoms with Gasteiger partial charge in [0, 0.05) is 30.4 Å². The van der Waals surface area contributed by atoms with Crippen molar-refractivity contribution in [1.82, 2.24) is 0 Å². The average molecular weight is 276 g/mol. The Bertz CT molecular complexity index is 463. The van der Waals surface area contributed by atoms with Crippen molar-refractivity contribution >= 4 is 5.69 Å². The summed E-state index contributed by atoms with van der Waals surface area (Å²) < 4.78 is 5.49. The summed E-state index contributed by atoms with van der Waals surface area (Å²) in [6, 6.07) is 6.21. The first-order chi connectivity index (χ1) is 9.34. The van der Waals surface area contributed by atoms with E-state index in [2.05, 4.69) is 37.8 Å². The monoisotopic (exact) mass is 276 g/mol. The lowest BCUT2D eigenvalue weighted by molar-refractivity contribution is 0.263. The van der Waals surface area contributed by atoms with Gasteiger partial charge in [0.15, 0.2) is 0 Å². The Morgan fingerprint density at radius 1 is 1.35 bits per heavy atom. The lowest BCUT2D eigenvalue weighted by Gasteiger charge is -2.29. The van der Waals surface area contributed by atoms with Crippen molar-refractivity contribution < 1.29 is 4.74 Å². The molecule has 0 aromatic heterocycles. The van der Waals surface area contributed by atoms with Gasteiger partial charge in [0.2, 0.25) is 0 Å². The highest BCUT2D eigenvalue weighted by Gasteiger charge is 2.33. The number of nitrogens with zero attached hydrogens (tertiary/aromatic N) is 1. The molecule has 3 nitrogen and oxygen atoms in total. The summed E-state index contributed by atoms with van der Waals surface area (Å²) in [5.41, 5.74) is 8.91. The molecule has 1 aliphatic rings. The average Bonchev–Trinajstić information content (AvgIpc) is 2.86. The van der Waals surface area contributed by atoms with Crippen molar-refractivity contribution in [2.75, 3.05) is 25.1 Å². The van der Waals surface area contributed by atoms with Crippen LogP contribution < -0.4 is 15.4 Å². The summed E-state index contributed by atoms with van der Waals surface area (Å²) in [6.07, 6.45) is 1.25. The van der Waals surface area contributed by atoms with Crippen LogP contribution in [0.3, 0.4) is 0 Å². The molecule has 0 amide bonds. The van der Waals surface area contributed by atoms with E-state index in [1.165, 1.54) is 12.1 Å². The molecule has 0 bridgehead atoms. The fourth-order valence-corrected chi connectivity index (χ4v) is 3.13. The second-order valence-electron chi connectivity index (χ2n) is 6.98. The standard InChI is InChI=1S/C17H28N2O/c1-12(18)16-14(7-6-8-15(16)20-5)19-10-9-13(11-19)17(2,3)4/h6-8,12-13H,9-11,18H2,1-5H3. The fraction of sp³-hybridized carbons (Fsp3) is 0.647. The number of benzene rings is 1. The van der Waals surface area contributed by atoms with Crippen LogP contribution >= 0.6 is 0 Å². The van der Waals surface area contributed by atoms with E-state index in [1.807, 2.05) is 13.0 Å². The zero-order valence-corrected chi connectivity index (χ0v) is 13.4. The molecule has 1 aromatic carbocycles. The van der Waals surface area contributed by atoms with Crippen LogP contribution in [0.1, 0.15) is 45.7 Å². The van der Waals surface area contributed by atoms with Gasteiger partial charge in [0.05, 0.1) is 7.11 Å².